The van der Waals surface area contributed by atoms with Crippen LogP contribution < -0.4 is 0 Å². The van der Waals surface area contributed by atoms with Crippen LogP contribution >= 0.6 is 0 Å². The van der Waals surface area contributed by atoms with Crippen molar-refractivity contribution in [2.75, 3.05) is 0 Å². The highest BCUT2D eigenvalue weighted by atomic mass is 16.4. The molecular weight excluding hydrogens is 252 g/mol. The quantitative estimate of drug-likeness (QED) is 0.876. The molecule has 1 aromatic heterocycles. The minimum absolute atomic E-state index is 0.648. The number of carboxylic acid groups (broad SMARTS) is 1. The molecule has 0 amide bonds. The van der Waals surface area contributed by atoms with Gasteiger partial charge >= 0.3 is 5.97 Å². The van der Waals surface area contributed by atoms with E-state index in [0.717, 1.165) is 24.4 Å². The van der Waals surface area contributed by atoms with Gasteiger partial charge in [-0.25, -0.2) is 4.98 Å². The molecule has 0 saturated heterocycles. The highest BCUT2D eigenvalue weighted by Crippen LogP contribution is 2.24. The predicted molar refractivity (Wildman–Crippen MR) is 78.3 cm³/mol. The van der Waals surface area contributed by atoms with E-state index < -0.39 is 11.4 Å². The number of imidazole rings is 1. The zero-order valence-electron chi connectivity index (χ0n) is 11.9. The number of aryl methyl sites for hydroxylation is 1. The van der Waals surface area contributed by atoms with Gasteiger partial charge in [-0.3, -0.25) is 4.79 Å². The van der Waals surface area contributed by atoms with Crippen LogP contribution in [0.3, 0.4) is 0 Å². The maximum atomic E-state index is 11.1. The standard InChI is InChI=1S/C16H20N2O2/c1-16(2,15(19)20)9-6-11-18-12-10-17-14(18)13-7-4-3-5-8-13/h3-5,7-8,10,12H,6,9,11H2,1-2H3,(H,19,20). The van der Waals surface area contributed by atoms with Crippen molar-refractivity contribution < 1.29 is 9.90 Å². The first-order chi connectivity index (χ1) is 9.50. The minimum Gasteiger partial charge on any atom is -0.481 e. The SMILES string of the molecule is CC(C)(CCCn1ccnc1-c1ccccc1)C(=O)O. The molecule has 0 radical (unpaired) electrons. The lowest BCUT2D eigenvalue weighted by Crippen LogP contribution is -2.23. The molecule has 0 aliphatic heterocycles. The maximum absolute atomic E-state index is 11.1. The molecule has 2 aromatic rings. The number of aromatic nitrogens is 2. The molecule has 0 saturated carbocycles. The van der Waals surface area contributed by atoms with Crippen molar-refractivity contribution in [2.45, 2.75) is 33.2 Å². The van der Waals surface area contributed by atoms with Gasteiger partial charge in [-0.2, -0.15) is 0 Å². The molecule has 106 valence electrons. The van der Waals surface area contributed by atoms with Crippen LogP contribution in [-0.4, -0.2) is 20.6 Å². The second-order valence-corrected chi connectivity index (χ2v) is 5.60. The fourth-order valence-corrected chi connectivity index (χ4v) is 2.14. The Morgan fingerprint density at radius 1 is 1.30 bits per heavy atom. The van der Waals surface area contributed by atoms with Crippen LogP contribution in [0.5, 0.6) is 0 Å². The van der Waals surface area contributed by atoms with E-state index in [1.807, 2.05) is 36.5 Å². The number of benzene rings is 1. The predicted octanol–water partition coefficient (Wildman–Crippen LogP) is 3.44. The molecule has 1 aromatic carbocycles. The van der Waals surface area contributed by atoms with Crippen LogP contribution in [-0.2, 0) is 11.3 Å². The average molecular weight is 272 g/mol. The highest BCUT2D eigenvalue weighted by molar-refractivity contribution is 5.73. The van der Waals surface area contributed by atoms with Crippen LogP contribution in [0.2, 0.25) is 0 Å². The Bertz CT molecular complexity index is 573. The summed E-state index contributed by atoms with van der Waals surface area (Å²) in [5.74, 6) is 0.185. The van der Waals surface area contributed by atoms with E-state index in [4.69, 9.17) is 5.11 Å². The summed E-state index contributed by atoms with van der Waals surface area (Å²) in [6.07, 6.45) is 5.19. The van der Waals surface area contributed by atoms with Gasteiger partial charge in [0.2, 0.25) is 0 Å². The van der Waals surface area contributed by atoms with Gasteiger partial charge in [0.1, 0.15) is 5.82 Å². The Morgan fingerprint density at radius 3 is 2.65 bits per heavy atom. The molecule has 0 aliphatic rings. The molecule has 1 N–H and O–H groups in total. The summed E-state index contributed by atoms with van der Waals surface area (Å²) in [4.78, 5) is 15.5. The van der Waals surface area contributed by atoms with Crippen molar-refractivity contribution >= 4 is 5.97 Å². The van der Waals surface area contributed by atoms with Crippen LogP contribution in [0.1, 0.15) is 26.7 Å². The molecule has 20 heavy (non-hydrogen) atoms. The first-order valence-corrected chi connectivity index (χ1v) is 6.81. The van der Waals surface area contributed by atoms with Gasteiger partial charge in [0, 0.05) is 24.5 Å². The first kappa shape index (κ1) is 14.3. The summed E-state index contributed by atoms with van der Waals surface area (Å²) in [6.45, 7) is 4.31. The summed E-state index contributed by atoms with van der Waals surface area (Å²) in [6, 6.07) is 10.0. The normalized spacial score (nSPS) is 11.5. The van der Waals surface area contributed by atoms with Gasteiger partial charge in [-0.15, -0.1) is 0 Å². The van der Waals surface area contributed by atoms with E-state index in [0.29, 0.717) is 6.42 Å². The monoisotopic (exact) mass is 272 g/mol. The van der Waals surface area contributed by atoms with Gasteiger partial charge < -0.3 is 9.67 Å². The molecule has 0 aliphatic carbocycles. The van der Waals surface area contributed by atoms with Crippen molar-refractivity contribution in [3.05, 3.63) is 42.7 Å². The summed E-state index contributed by atoms with van der Waals surface area (Å²) >= 11 is 0. The number of hydrogen-bond donors (Lipinski definition) is 1. The number of nitrogens with zero attached hydrogens (tertiary/aromatic N) is 2. The van der Waals surface area contributed by atoms with E-state index in [2.05, 4.69) is 9.55 Å². The molecule has 4 heteroatoms. The van der Waals surface area contributed by atoms with Crippen LogP contribution in [0, 0.1) is 5.41 Å². The molecule has 0 bridgehead atoms. The molecule has 2 rings (SSSR count). The zero-order valence-corrected chi connectivity index (χ0v) is 11.9. The average Bonchev–Trinajstić information content (AvgIpc) is 2.88. The number of carbonyl (C=O) groups is 1. The minimum atomic E-state index is -0.744. The van der Waals surface area contributed by atoms with Gasteiger partial charge in [-0.1, -0.05) is 30.3 Å². The number of hydrogen-bond acceptors (Lipinski definition) is 2. The van der Waals surface area contributed by atoms with E-state index in [-0.39, 0.29) is 0 Å². The van der Waals surface area contributed by atoms with E-state index >= 15 is 0 Å². The molecule has 0 spiro atoms. The lowest BCUT2D eigenvalue weighted by molar-refractivity contribution is -0.147. The van der Waals surface area contributed by atoms with Gasteiger partial charge in [-0.05, 0) is 26.7 Å². The second kappa shape index (κ2) is 5.90. The van der Waals surface area contributed by atoms with E-state index in [9.17, 15) is 4.79 Å². The number of carboxylic acids is 1. The number of rotatable bonds is 6. The zero-order chi connectivity index (χ0) is 14.6. The Hall–Kier alpha value is -2.10. The van der Waals surface area contributed by atoms with Gasteiger partial charge in [0.15, 0.2) is 0 Å². The fraction of sp³-hybridized carbons (Fsp3) is 0.375. The third-order valence-electron chi connectivity index (χ3n) is 3.53. The van der Waals surface area contributed by atoms with Crippen molar-refractivity contribution in [1.29, 1.82) is 0 Å². The molecule has 0 unspecified atom stereocenters. The van der Waals surface area contributed by atoms with Crippen molar-refractivity contribution in [3.8, 4) is 11.4 Å². The smallest absolute Gasteiger partial charge is 0.309 e. The van der Waals surface area contributed by atoms with Gasteiger partial charge in [0.25, 0.3) is 0 Å². The Labute approximate surface area is 119 Å². The van der Waals surface area contributed by atoms with Crippen LogP contribution in [0.25, 0.3) is 11.4 Å². The van der Waals surface area contributed by atoms with E-state index in [1.54, 1.807) is 20.0 Å². The molecule has 0 fully saturated rings. The fourth-order valence-electron chi connectivity index (χ4n) is 2.14. The summed E-state index contributed by atoms with van der Waals surface area (Å²) in [5, 5.41) is 9.11. The molecule has 1 heterocycles. The second-order valence-electron chi connectivity index (χ2n) is 5.60. The van der Waals surface area contributed by atoms with Crippen molar-refractivity contribution in [3.63, 3.8) is 0 Å². The van der Waals surface area contributed by atoms with Crippen LogP contribution in [0.4, 0.5) is 0 Å². The Balaban J connectivity index is 2.02. The van der Waals surface area contributed by atoms with Gasteiger partial charge in [0.05, 0.1) is 5.41 Å². The summed E-state index contributed by atoms with van der Waals surface area (Å²) in [5.41, 5.74) is 0.406. The van der Waals surface area contributed by atoms with Crippen LogP contribution in [0.15, 0.2) is 42.7 Å². The maximum Gasteiger partial charge on any atom is 0.309 e. The first-order valence-electron chi connectivity index (χ1n) is 6.81. The third kappa shape index (κ3) is 3.26. The molecule has 4 nitrogen and oxygen atoms in total. The molecule has 0 atom stereocenters. The highest BCUT2D eigenvalue weighted by Gasteiger charge is 2.26. The summed E-state index contributed by atoms with van der Waals surface area (Å²) < 4.78 is 2.08. The summed E-state index contributed by atoms with van der Waals surface area (Å²) in [7, 11) is 0. The topological polar surface area (TPSA) is 55.1 Å². The Kier molecular flexibility index (Phi) is 4.23. The Morgan fingerprint density at radius 2 is 2.00 bits per heavy atom. The van der Waals surface area contributed by atoms with Crippen molar-refractivity contribution in [2.24, 2.45) is 5.41 Å². The van der Waals surface area contributed by atoms with E-state index in [1.165, 1.54) is 0 Å². The number of aliphatic carboxylic acids is 1. The lowest BCUT2D eigenvalue weighted by Gasteiger charge is -2.19. The largest absolute Gasteiger partial charge is 0.481 e. The van der Waals surface area contributed by atoms with Crippen molar-refractivity contribution in [1.82, 2.24) is 9.55 Å². The third-order valence-corrected chi connectivity index (χ3v) is 3.53. The molecular formula is C16H20N2O2. The lowest BCUT2D eigenvalue weighted by atomic mass is 9.88.